The molecule has 0 fully saturated rings. The van der Waals surface area contributed by atoms with Gasteiger partial charge in [0.15, 0.2) is 18.1 Å². The Labute approximate surface area is 122 Å². The highest BCUT2D eigenvalue weighted by Gasteiger charge is 2.13. The molecule has 0 saturated heterocycles. The van der Waals surface area contributed by atoms with E-state index in [1.807, 2.05) is 6.07 Å². The van der Waals surface area contributed by atoms with Crippen molar-refractivity contribution >= 4 is 11.9 Å². The highest BCUT2D eigenvalue weighted by Crippen LogP contribution is 2.28. The molecule has 0 aliphatic rings. The second-order valence-corrected chi connectivity index (χ2v) is 4.18. The number of carboxylic acid groups (broad SMARTS) is 1. The zero-order valence-electron chi connectivity index (χ0n) is 11.8. The van der Waals surface area contributed by atoms with Crippen molar-refractivity contribution in [1.82, 2.24) is 4.90 Å². The summed E-state index contributed by atoms with van der Waals surface area (Å²) in [5.41, 5.74) is 0.0664. The number of benzene rings is 1. The van der Waals surface area contributed by atoms with Gasteiger partial charge in [0.25, 0.3) is 5.91 Å². The van der Waals surface area contributed by atoms with E-state index in [2.05, 4.69) is 0 Å². The summed E-state index contributed by atoms with van der Waals surface area (Å²) in [6.45, 7) is 0.110. The molecule has 0 bridgehead atoms. The standard InChI is InChI=1S/C14H16N2O5/c1-16(7-3-6-15)13(17)9-21-11-5-4-10(14(18)19)8-12(11)20-2/h4-5,8H,3,7,9H2,1-2H3,(H,18,19). The van der Waals surface area contributed by atoms with E-state index >= 15 is 0 Å². The SMILES string of the molecule is COc1cc(C(=O)O)ccc1OCC(=O)N(C)CCC#N. The van der Waals surface area contributed by atoms with E-state index in [0.717, 1.165) is 0 Å². The fourth-order valence-electron chi connectivity index (χ4n) is 1.51. The first-order valence-corrected chi connectivity index (χ1v) is 6.14. The van der Waals surface area contributed by atoms with Crippen LogP contribution in [0, 0.1) is 11.3 Å². The third-order valence-corrected chi connectivity index (χ3v) is 2.75. The van der Waals surface area contributed by atoms with Crippen molar-refractivity contribution in [2.75, 3.05) is 27.3 Å². The van der Waals surface area contributed by atoms with E-state index in [9.17, 15) is 9.59 Å². The molecule has 1 aromatic carbocycles. The molecule has 0 aliphatic heterocycles. The molecule has 0 unspecified atom stereocenters. The summed E-state index contributed by atoms with van der Waals surface area (Å²) in [6.07, 6.45) is 0.249. The van der Waals surface area contributed by atoms with E-state index in [-0.39, 0.29) is 36.0 Å². The van der Waals surface area contributed by atoms with Crippen molar-refractivity contribution in [3.63, 3.8) is 0 Å². The van der Waals surface area contributed by atoms with Gasteiger partial charge < -0.3 is 19.5 Å². The maximum Gasteiger partial charge on any atom is 0.335 e. The van der Waals surface area contributed by atoms with Crippen molar-refractivity contribution in [3.8, 4) is 17.6 Å². The topological polar surface area (TPSA) is 99.9 Å². The Hall–Kier alpha value is -2.75. The number of hydrogen-bond donors (Lipinski definition) is 1. The molecule has 0 aromatic heterocycles. The average Bonchev–Trinajstić information content (AvgIpc) is 2.49. The first-order chi connectivity index (χ1) is 9.99. The number of carbonyl (C=O) groups excluding carboxylic acids is 1. The third kappa shape index (κ3) is 4.69. The van der Waals surface area contributed by atoms with Crippen LogP contribution in [0.4, 0.5) is 0 Å². The summed E-state index contributed by atoms with van der Waals surface area (Å²) < 4.78 is 10.4. The number of amides is 1. The fourth-order valence-corrected chi connectivity index (χ4v) is 1.51. The Balaban J connectivity index is 2.69. The molecule has 0 radical (unpaired) electrons. The van der Waals surface area contributed by atoms with Gasteiger partial charge >= 0.3 is 5.97 Å². The van der Waals surface area contributed by atoms with Crippen LogP contribution in [-0.2, 0) is 4.79 Å². The number of likely N-dealkylation sites (N-methyl/N-ethyl adjacent to an activating group) is 1. The molecule has 112 valence electrons. The van der Waals surface area contributed by atoms with Crippen LogP contribution in [-0.4, -0.2) is 49.2 Å². The van der Waals surface area contributed by atoms with Crippen molar-refractivity contribution in [2.45, 2.75) is 6.42 Å². The van der Waals surface area contributed by atoms with Gasteiger partial charge in [0.1, 0.15) is 0 Å². The fraction of sp³-hybridized carbons (Fsp3) is 0.357. The summed E-state index contributed by atoms with van der Waals surface area (Å²) in [5.74, 6) is -0.839. The zero-order chi connectivity index (χ0) is 15.8. The van der Waals surface area contributed by atoms with Crippen LogP contribution >= 0.6 is 0 Å². The molecule has 1 rings (SSSR count). The lowest BCUT2D eigenvalue weighted by atomic mass is 10.2. The molecule has 7 heteroatoms. The normalized spacial score (nSPS) is 9.57. The minimum absolute atomic E-state index is 0.0664. The Bertz CT molecular complexity index is 565. The first-order valence-electron chi connectivity index (χ1n) is 6.14. The molecule has 0 heterocycles. The summed E-state index contributed by atoms with van der Waals surface area (Å²) >= 11 is 0. The predicted octanol–water partition coefficient (Wildman–Crippen LogP) is 1.14. The van der Waals surface area contributed by atoms with E-state index in [4.69, 9.17) is 19.8 Å². The summed E-state index contributed by atoms with van der Waals surface area (Å²) in [4.78, 5) is 24.0. The van der Waals surface area contributed by atoms with Crippen LogP contribution in [0.2, 0.25) is 0 Å². The summed E-state index contributed by atoms with van der Waals surface area (Å²) in [6, 6.07) is 6.07. The Morgan fingerprint density at radius 1 is 1.38 bits per heavy atom. The maximum atomic E-state index is 11.8. The van der Waals surface area contributed by atoms with Gasteiger partial charge in [0, 0.05) is 13.6 Å². The van der Waals surface area contributed by atoms with Crippen LogP contribution in [0.3, 0.4) is 0 Å². The number of nitrogens with zero attached hydrogens (tertiary/aromatic N) is 2. The van der Waals surface area contributed by atoms with Crippen molar-refractivity contribution < 1.29 is 24.2 Å². The molecule has 0 atom stereocenters. The highest BCUT2D eigenvalue weighted by molar-refractivity contribution is 5.88. The van der Waals surface area contributed by atoms with Gasteiger partial charge in [0.05, 0.1) is 25.2 Å². The van der Waals surface area contributed by atoms with Crippen LogP contribution < -0.4 is 9.47 Å². The zero-order valence-corrected chi connectivity index (χ0v) is 11.8. The molecule has 21 heavy (non-hydrogen) atoms. The number of ether oxygens (including phenoxy) is 2. The van der Waals surface area contributed by atoms with Gasteiger partial charge in [-0.15, -0.1) is 0 Å². The molecule has 7 nitrogen and oxygen atoms in total. The number of hydrogen-bond acceptors (Lipinski definition) is 5. The number of rotatable bonds is 7. The number of methoxy groups -OCH3 is 1. The van der Waals surface area contributed by atoms with Crippen LogP contribution in [0.5, 0.6) is 11.5 Å². The third-order valence-electron chi connectivity index (χ3n) is 2.75. The largest absolute Gasteiger partial charge is 0.493 e. The van der Waals surface area contributed by atoms with E-state index in [1.165, 1.54) is 30.2 Å². The van der Waals surface area contributed by atoms with Gasteiger partial charge in [-0.05, 0) is 18.2 Å². The van der Waals surface area contributed by atoms with Gasteiger partial charge in [-0.3, -0.25) is 4.79 Å². The minimum atomic E-state index is -1.08. The summed E-state index contributed by atoms with van der Waals surface area (Å²) in [7, 11) is 2.96. The lowest BCUT2D eigenvalue weighted by Crippen LogP contribution is -2.32. The van der Waals surface area contributed by atoms with Crippen molar-refractivity contribution in [1.29, 1.82) is 5.26 Å². The second-order valence-electron chi connectivity index (χ2n) is 4.18. The lowest BCUT2D eigenvalue weighted by molar-refractivity contribution is -0.132. The van der Waals surface area contributed by atoms with Crippen molar-refractivity contribution in [2.24, 2.45) is 0 Å². The molecule has 0 aliphatic carbocycles. The molecule has 0 saturated carbocycles. The van der Waals surface area contributed by atoms with E-state index in [1.54, 1.807) is 7.05 Å². The molecule has 1 N–H and O–H groups in total. The van der Waals surface area contributed by atoms with E-state index in [0.29, 0.717) is 6.54 Å². The van der Waals surface area contributed by atoms with Gasteiger partial charge in [-0.2, -0.15) is 5.26 Å². The smallest absolute Gasteiger partial charge is 0.335 e. The molecule has 0 spiro atoms. The van der Waals surface area contributed by atoms with Gasteiger partial charge in [-0.1, -0.05) is 0 Å². The molecule has 1 amide bonds. The predicted molar refractivity (Wildman–Crippen MR) is 73.3 cm³/mol. The van der Waals surface area contributed by atoms with Gasteiger partial charge in [-0.25, -0.2) is 4.79 Å². The number of nitriles is 1. The second kappa shape index (κ2) is 7.75. The molecular weight excluding hydrogens is 276 g/mol. The summed E-state index contributed by atoms with van der Waals surface area (Å²) in [5, 5.41) is 17.3. The Morgan fingerprint density at radius 3 is 2.67 bits per heavy atom. The lowest BCUT2D eigenvalue weighted by Gasteiger charge is -2.16. The van der Waals surface area contributed by atoms with Crippen molar-refractivity contribution in [3.05, 3.63) is 23.8 Å². The number of carboxylic acids is 1. The van der Waals surface area contributed by atoms with E-state index < -0.39 is 5.97 Å². The minimum Gasteiger partial charge on any atom is -0.493 e. The average molecular weight is 292 g/mol. The first kappa shape index (κ1) is 16.3. The number of aromatic carboxylic acids is 1. The van der Waals surface area contributed by atoms with Crippen LogP contribution in [0.15, 0.2) is 18.2 Å². The monoisotopic (exact) mass is 292 g/mol. The maximum absolute atomic E-state index is 11.8. The Morgan fingerprint density at radius 2 is 2.10 bits per heavy atom. The number of carbonyl (C=O) groups is 2. The quantitative estimate of drug-likeness (QED) is 0.809. The Kier molecular flexibility index (Phi) is 6.01. The molecular formula is C14H16N2O5. The van der Waals surface area contributed by atoms with Crippen LogP contribution in [0.1, 0.15) is 16.8 Å². The van der Waals surface area contributed by atoms with Gasteiger partial charge in [0.2, 0.25) is 0 Å². The highest BCUT2D eigenvalue weighted by atomic mass is 16.5. The molecule has 1 aromatic rings. The van der Waals surface area contributed by atoms with Crippen LogP contribution in [0.25, 0.3) is 0 Å².